The number of hydrogen-bond acceptors (Lipinski definition) is 3. The summed E-state index contributed by atoms with van der Waals surface area (Å²) in [7, 11) is 0. The van der Waals surface area contributed by atoms with Gasteiger partial charge in [-0.15, -0.1) is 11.3 Å². The van der Waals surface area contributed by atoms with Crippen molar-refractivity contribution in [1.29, 1.82) is 0 Å². The number of nitrogens with one attached hydrogen (secondary N) is 1. The predicted octanol–water partition coefficient (Wildman–Crippen LogP) is 4.43. The SMILES string of the molecule is CCOc1ccccc1C(C)NC(C)Cc1cccs1. The zero-order valence-corrected chi connectivity index (χ0v) is 13.2. The lowest BCUT2D eigenvalue weighted by molar-refractivity contribution is 0.330. The molecule has 0 saturated carbocycles. The van der Waals surface area contributed by atoms with Crippen molar-refractivity contribution in [3.05, 3.63) is 52.2 Å². The van der Waals surface area contributed by atoms with Gasteiger partial charge in [0.1, 0.15) is 5.75 Å². The van der Waals surface area contributed by atoms with Crippen LogP contribution in [0.1, 0.15) is 37.3 Å². The van der Waals surface area contributed by atoms with Gasteiger partial charge in [0.05, 0.1) is 6.61 Å². The fraction of sp³-hybridized carbons (Fsp3) is 0.412. The molecule has 0 spiro atoms. The van der Waals surface area contributed by atoms with Gasteiger partial charge < -0.3 is 10.1 Å². The van der Waals surface area contributed by atoms with Gasteiger partial charge in [0.15, 0.2) is 0 Å². The smallest absolute Gasteiger partial charge is 0.124 e. The third kappa shape index (κ3) is 4.09. The number of hydrogen-bond donors (Lipinski definition) is 1. The van der Waals surface area contributed by atoms with E-state index in [1.165, 1.54) is 10.4 Å². The Hall–Kier alpha value is -1.32. The zero-order chi connectivity index (χ0) is 14.4. The first-order chi connectivity index (χ1) is 9.70. The molecule has 0 radical (unpaired) electrons. The van der Waals surface area contributed by atoms with Gasteiger partial charge in [-0.1, -0.05) is 24.3 Å². The molecule has 2 atom stereocenters. The fourth-order valence-electron chi connectivity index (χ4n) is 2.43. The number of benzene rings is 1. The highest BCUT2D eigenvalue weighted by Crippen LogP contribution is 2.25. The van der Waals surface area contributed by atoms with E-state index in [2.05, 4.69) is 48.8 Å². The second-order valence-corrected chi connectivity index (χ2v) is 6.08. The van der Waals surface area contributed by atoms with Crippen molar-refractivity contribution in [3.63, 3.8) is 0 Å². The van der Waals surface area contributed by atoms with Crippen molar-refractivity contribution >= 4 is 11.3 Å². The van der Waals surface area contributed by atoms with Crippen molar-refractivity contribution in [2.45, 2.75) is 39.3 Å². The van der Waals surface area contributed by atoms with Gasteiger partial charge in [-0.2, -0.15) is 0 Å². The van der Waals surface area contributed by atoms with E-state index >= 15 is 0 Å². The van der Waals surface area contributed by atoms with Crippen LogP contribution < -0.4 is 10.1 Å². The molecule has 0 aliphatic heterocycles. The van der Waals surface area contributed by atoms with E-state index in [-0.39, 0.29) is 6.04 Å². The lowest BCUT2D eigenvalue weighted by Crippen LogP contribution is -2.30. The maximum atomic E-state index is 5.71. The first-order valence-electron chi connectivity index (χ1n) is 7.20. The molecule has 1 aromatic carbocycles. The minimum Gasteiger partial charge on any atom is -0.494 e. The number of thiophene rings is 1. The zero-order valence-electron chi connectivity index (χ0n) is 12.4. The fourth-order valence-corrected chi connectivity index (χ4v) is 3.27. The van der Waals surface area contributed by atoms with Crippen molar-refractivity contribution in [1.82, 2.24) is 5.32 Å². The molecule has 0 fully saturated rings. The van der Waals surface area contributed by atoms with E-state index in [4.69, 9.17) is 4.74 Å². The van der Waals surface area contributed by atoms with Gasteiger partial charge >= 0.3 is 0 Å². The largest absolute Gasteiger partial charge is 0.494 e. The monoisotopic (exact) mass is 289 g/mol. The molecule has 1 heterocycles. The average molecular weight is 289 g/mol. The summed E-state index contributed by atoms with van der Waals surface area (Å²) in [5.41, 5.74) is 1.23. The summed E-state index contributed by atoms with van der Waals surface area (Å²) in [5, 5.41) is 5.79. The Morgan fingerprint density at radius 1 is 1.15 bits per heavy atom. The van der Waals surface area contributed by atoms with Gasteiger partial charge in [-0.3, -0.25) is 0 Å². The summed E-state index contributed by atoms with van der Waals surface area (Å²) in [6.07, 6.45) is 1.07. The van der Waals surface area contributed by atoms with E-state index < -0.39 is 0 Å². The van der Waals surface area contributed by atoms with Crippen LogP contribution in [0.15, 0.2) is 41.8 Å². The second-order valence-electron chi connectivity index (χ2n) is 5.04. The summed E-state index contributed by atoms with van der Waals surface area (Å²) in [5.74, 6) is 0.985. The molecule has 1 aromatic heterocycles. The number of ether oxygens (including phenoxy) is 1. The number of rotatable bonds is 7. The van der Waals surface area contributed by atoms with Gasteiger partial charge in [-0.25, -0.2) is 0 Å². The molecule has 0 aliphatic rings. The van der Waals surface area contributed by atoms with Crippen LogP contribution in [0.25, 0.3) is 0 Å². The molecule has 0 aliphatic carbocycles. The molecular weight excluding hydrogens is 266 g/mol. The molecule has 2 nitrogen and oxygen atoms in total. The van der Waals surface area contributed by atoms with E-state index in [0.29, 0.717) is 12.6 Å². The van der Waals surface area contributed by atoms with Crippen LogP contribution in [0.2, 0.25) is 0 Å². The van der Waals surface area contributed by atoms with Crippen LogP contribution in [0, 0.1) is 0 Å². The maximum Gasteiger partial charge on any atom is 0.124 e. The highest BCUT2D eigenvalue weighted by molar-refractivity contribution is 7.09. The molecule has 1 N–H and O–H groups in total. The van der Waals surface area contributed by atoms with E-state index in [1.54, 1.807) is 0 Å². The normalized spacial score (nSPS) is 13.9. The molecule has 2 aromatic rings. The minimum atomic E-state index is 0.285. The van der Waals surface area contributed by atoms with Crippen LogP contribution >= 0.6 is 11.3 Å². The van der Waals surface area contributed by atoms with Crippen LogP contribution in [0.3, 0.4) is 0 Å². The third-order valence-electron chi connectivity index (χ3n) is 3.31. The van der Waals surface area contributed by atoms with Gasteiger partial charge in [-0.05, 0) is 44.7 Å². The summed E-state index contributed by atoms with van der Waals surface area (Å²) in [6, 6.07) is 13.3. The third-order valence-corrected chi connectivity index (χ3v) is 4.21. The van der Waals surface area contributed by atoms with Crippen molar-refractivity contribution in [2.75, 3.05) is 6.61 Å². The molecular formula is C17H23NOS. The molecule has 0 saturated heterocycles. The lowest BCUT2D eigenvalue weighted by Gasteiger charge is -2.22. The molecule has 2 unspecified atom stereocenters. The Morgan fingerprint density at radius 2 is 1.95 bits per heavy atom. The summed E-state index contributed by atoms with van der Waals surface area (Å²) < 4.78 is 5.71. The topological polar surface area (TPSA) is 21.3 Å². The summed E-state index contributed by atoms with van der Waals surface area (Å²) >= 11 is 1.82. The van der Waals surface area contributed by atoms with Crippen molar-refractivity contribution in [3.8, 4) is 5.75 Å². The Morgan fingerprint density at radius 3 is 2.65 bits per heavy atom. The Labute approximate surface area is 125 Å². The summed E-state index contributed by atoms with van der Waals surface area (Å²) in [6.45, 7) is 7.16. The maximum absolute atomic E-state index is 5.71. The first-order valence-corrected chi connectivity index (χ1v) is 8.08. The van der Waals surface area contributed by atoms with Gasteiger partial charge in [0, 0.05) is 22.5 Å². The first kappa shape index (κ1) is 15.1. The Bertz CT molecular complexity index is 509. The standard InChI is InChI=1S/C17H23NOS/c1-4-19-17-10-6-5-9-16(17)14(3)18-13(2)12-15-8-7-11-20-15/h5-11,13-14,18H,4,12H2,1-3H3. The molecule has 108 valence electrons. The highest BCUT2D eigenvalue weighted by Gasteiger charge is 2.14. The van der Waals surface area contributed by atoms with Crippen molar-refractivity contribution in [2.24, 2.45) is 0 Å². The minimum absolute atomic E-state index is 0.285. The molecule has 0 amide bonds. The lowest BCUT2D eigenvalue weighted by atomic mass is 10.1. The Kier molecular flexibility index (Phi) is 5.62. The summed E-state index contributed by atoms with van der Waals surface area (Å²) in [4.78, 5) is 1.43. The molecule has 0 bridgehead atoms. The quantitative estimate of drug-likeness (QED) is 0.814. The van der Waals surface area contributed by atoms with Crippen LogP contribution in [0.5, 0.6) is 5.75 Å². The van der Waals surface area contributed by atoms with Crippen molar-refractivity contribution < 1.29 is 4.74 Å². The highest BCUT2D eigenvalue weighted by atomic mass is 32.1. The van der Waals surface area contributed by atoms with Crippen LogP contribution in [0.4, 0.5) is 0 Å². The van der Waals surface area contributed by atoms with Crippen LogP contribution in [-0.2, 0) is 6.42 Å². The second kappa shape index (κ2) is 7.46. The van der Waals surface area contributed by atoms with Gasteiger partial charge in [0.25, 0.3) is 0 Å². The number of para-hydroxylation sites is 1. The van der Waals surface area contributed by atoms with Crippen LogP contribution in [-0.4, -0.2) is 12.6 Å². The van der Waals surface area contributed by atoms with Gasteiger partial charge in [0.2, 0.25) is 0 Å². The van der Waals surface area contributed by atoms with E-state index in [9.17, 15) is 0 Å². The molecule has 2 rings (SSSR count). The average Bonchev–Trinajstić information content (AvgIpc) is 2.92. The van der Waals surface area contributed by atoms with E-state index in [1.807, 2.05) is 30.4 Å². The predicted molar refractivity (Wildman–Crippen MR) is 86.6 cm³/mol. The molecule has 3 heteroatoms. The Balaban J connectivity index is 1.98. The molecule has 20 heavy (non-hydrogen) atoms. The van der Waals surface area contributed by atoms with E-state index in [0.717, 1.165) is 12.2 Å².